The zero-order valence-electron chi connectivity index (χ0n) is 15.4. The van der Waals surface area contributed by atoms with Crippen molar-refractivity contribution in [1.29, 1.82) is 0 Å². The second-order valence-corrected chi connectivity index (χ2v) is 6.67. The number of ether oxygens (including phenoxy) is 1. The highest BCUT2D eigenvalue weighted by Crippen LogP contribution is 2.21. The third kappa shape index (κ3) is 5.06. The van der Waals surface area contributed by atoms with Gasteiger partial charge in [-0.05, 0) is 49.2 Å². The molecule has 2 aromatic rings. The monoisotopic (exact) mass is 388 g/mol. The zero-order chi connectivity index (χ0) is 19.9. The fourth-order valence-corrected chi connectivity index (χ4v) is 3.18. The van der Waals surface area contributed by atoms with E-state index >= 15 is 0 Å². The summed E-state index contributed by atoms with van der Waals surface area (Å²) in [6.45, 7) is 1.41. The highest BCUT2D eigenvalue weighted by Gasteiger charge is 2.19. The first kappa shape index (κ1) is 19.8. The minimum absolute atomic E-state index is 0.552. The number of carbonyl (C=O) groups is 2. The van der Waals surface area contributed by atoms with Crippen LogP contribution in [0.2, 0.25) is 0 Å². The molecule has 0 unspecified atom stereocenters. The number of hydrogen-bond acceptors (Lipinski definition) is 4. The maximum atomic E-state index is 13.5. The van der Waals surface area contributed by atoms with Gasteiger partial charge in [0, 0.05) is 24.5 Å². The summed E-state index contributed by atoms with van der Waals surface area (Å²) >= 11 is 0. The molecule has 2 aromatic carbocycles. The highest BCUT2D eigenvalue weighted by molar-refractivity contribution is 5.95. The van der Waals surface area contributed by atoms with Crippen LogP contribution in [-0.2, 0) is 9.53 Å². The van der Waals surface area contributed by atoms with Crippen LogP contribution in [0.15, 0.2) is 42.5 Å². The van der Waals surface area contributed by atoms with Gasteiger partial charge in [-0.3, -0.25) is 4.79 Å². The van der Waals surface area contributed by atoms with Crippen molar-refractivity contribution >= 4 is 23.3 Å². The Labute approximate surface area is 162 Å². The van der Waals surface area contributed by atoms with Gasteiger partial charge in [0.1, 0.15) is 17.2 Å². The molecule has 28 heavy (non-hydrogen) atoms. The fraction of sp³-hybridized carbons (Fsp3) is 0.333. The molecule has 148 valence electrons. The summed E-state index contributed by atoms with van der Waals surface area (Å²) in [5.41, 5.74) is 0.843. The van der Waals surface area contributed by atoms with E-state index in [2.05, 4.69) is 10.2 Å². The lowest BCUT2D eigenvalue weighted by Gasteiger charge is -2.22. The molecule has 5 nitrogen and oxygen atoms in total. The van der Waals surface area contributed by atoms with Gasteiger partial charge in [0.05, 0.1) is 0 Å². The third-order valence-corrected chi connectivity index (χ3v) is 4.62. The van der Waals surface area contributed by atoms with Crippen molar-refractivity contribution in [3.8, 4) is 0 Å². The van der Waals surface area contributed by atoms with E-state index in [4.69, 9.17) is 4.74 Å². The maximum absolute atomic E-state index is 13.5. The molecule has 0 aromatic heterocycles. The SMILES string of the molecule is O=C(COC(=O)c1c(F)cccc1F)Nc1ccc(N2CCCCCC2)cc1. The smallest absolute Gasteiger partial charge is 0.344 e. The summed E-state index contributed by atoms with van der Waals surface area (Å²) in [6, 6.07) is 10.5. The zero-order valence-corrected chi connectivity index (χ0v) is 15.4. The molecule has 1 aliphatic heterocycles. The lowest BCUT2D eigenvalue weighted by Crippen LogP contribution is -2.24. The van der Waals surface area contributed by atoms with Crippen LogP contribution in [0.4, 0.5) is 20.2 Å². The molecule has 7 heteroatoms. The number of nitrogens with zero attached hydrogens (tertiary/aromatic N) is 1. The molecule has 0 aliphatic carbocycles. The highest BCUT2D eigenvalue weighted by atomic mass is 19.1. The second-order valence-electron chi connectivity index (χ2n) is 6.67. The van der Waals surface area contributed by atoms with Gasteiger partial charge in [0.15, 0.2) is 6.61 Å². The van der Waals surface area contributed by atoms with Crippen LogP contribution >= 0.6 is 0 Å². The van der Waals surface area contributed by atoms with Crippen LogP contribution in [0.5, 0.6) is 0 Å². The largest absolute Gasteiger partial charge is 0.452 e. The Morgan fingerprint density at radius 2 is 1.54 bits per heavy atom. The van der Waals surface area contributed by atoms with Gasteiger partial charge in [0.2, 0.25) is 0 Å². The summed E-state index contributed by atoms with van der Waals surface area (Å²) in [7, 11) is 0. The number of nitrogens with one attached hydrogen (secondary N) is 1. The van der Waals surface area contributed by atoms with Gasteiger partial charge in [-0.2, -0.15) is 0 Å². The first-order chi connectivity index (χ1) is 13.5. The molecular formula is C21H22F2N2O3. The molecule has 0 bridgehead atoms. The van der Waals surface area contributed by atoms with Gasteiger partial charge in [-0.15, -0.1) is 0 Å². The van der Waals surface area contributed by atoms with Crippen molar-refractivity contribution in [3.63, 3.8) is 0 Å². The number of amides is 1. The lowest BCUT2D eigenvalue weighted by molar-refractivity contribution is -0.119. The molecule has 1 saturated heterocycles. The first-order valence-corrected chi connectivity index (χ1v) is 9.30. The summed E-state index contributed by atoms with van der Waals surface area (Å²) in [5.74, 6) is -3.88. The Kier molecular flexibility index (Phi) is 6.57. The van der Waals surface area contributed by atoms with Crippen LogP contribution in [0.1, 0.15) is 36.0 Å². The van der Waals surface area contributed by atoms with Gasteiger partial charge in [0.25, 0.3) is 5.91 Å². The number of halogens is 2. The van der Waals surface area contributed by atoms with Crippen molar-refractivity contribution in [2.24, 2.45) is 0 Å². The van der Waals surface area contributed by atoms with E-state index in [9.17, 15) is 18.4 Å². The van der Waals surface area contributed by atoms with E-state index in [-0.39, 0.29) is 0 Å². The molecule has 1 fully saturated rings. The van der Waals surface area contributed by atoms with Crippen LogP contribution < -0.4 is 10.2 Å². The van der Waals surface area contributed by atoms with Crippen LogP contribution in [-0.4, -0.2) is 31.6 Å². The van der Waals surface area contributed by atoms with Crippen molar-refractivity contribution in [2.75, 3.05) is 29.9 Å². The molecular weight excluding hydrogens is 366 g/mol. The Morgan fingerprint density at radius 3 is 2.14 bits per heavy atom. The van der Waals surface area contributed by atoms with Gasteiger partial charge < -0.3 is 15.0 Å². The van der Waals surface area contributed by atoms with E-state index in [1.807, 2.05) is 12.1 Å². The molecule has 0 saturated carbocycles. The molecule has 1 amide bonds. The number of hydrogen-bond donors (Lipinski definition) is 1. The minimum atomic E-state index is -1.22. The van der Waals surface area contributed by atoms with Crippen molar-refractivity contribution in [2.45, 2.75) is 25.7 Å². The number of benzene rings is 2. The molecule has 3 rings (SSSR count). The summed E-state index contributed by atoms with van der Waals surface area (Å²) in [6.07, 6.45) is 4.85. The quantitative estimate of drug-likeness (QED) is 0.782. The predicted molar refractivity (Wildman–Crippen MR) is 102 cm³/mol. The Morgan fingerprint density at radius 1 is 0.929 bits per heavy atom. The van der Waals surface area contributed by atoms with Crippen molar-refractivity contribution in [1.82, 2.24) is 0 Å². The normalized spacial score (nSPS) is 14.3. The molecule has 0 radical (unpaired) electrons. The number of carbonyl (C=O) groups excluding carboxylic acids is 2. The van der Waals surface area contributed by atoms with Crippen LogP contribution in [0.3, 0.4) is 0 Å². The summed E-state index contributed by atoms with van der Waals surface area (Å²) in [4.78, 5) is 26.1. The topological polar surface area (TPSA) is 58.6 Å². The van der Waals surface area contributed by atoms with Crippen molar-refractivity contribution in [3.05, 3.63) is 59.7 Å². The Hall–Kier alpha value is -2.96. The number of anilines is 2. The summed E-state index contributed by atoms with van der Waals surface area (Å²) in [5, 5.41) is 2.60. The Bertz CT molecular complexity index is 812. The fourth-order valence-electron chi connectivity index (χ4n) is 3.18. The van der Waals surface area contributed by atoms with Gasteiger partial charge in [-0.25, -0.2) is 13.6 Å². The lowest BCUT2D eigenvalue weighted by atomic mass is 10.2. The molecule has 0 spiro atoms. The standard InChI is InChI=1S/C21H22F2N2O3/c22-17-6-5-7-18(23)20(17)21(27)28-14-19(26)24-15-8-10-16(11-9-15)25-12-3-1-2-4-13-25/h5-11H,1-4,12-14H2,(H,24,26). The summed E-state index contributed by atoms with van der Waals surface area (Å²) < 4.78 is 31.8. The van der Waals surface area contributed by atoms with Crippen molar-refractivity contribution < 1.29 is 23.1 Å². The number of esters is 1. The molecule has 0 atom stereocenters. The average Bonchev–Trinajstić information content (AvgIpc) is 2.96. The maximum Gasteiger partial charge on any atom is 0.344 e. The third-order valence-electron chi connectivity index (χ3n) is 4.62. The van der Waals surface area contributed by atoms with Crippen LogP contribution in [0, 0.1) is 11.6 Å². The van der Waals surface area contributed by atoms with E-state index in [1.54, 1.807) is 12.1 Å². The molecule has 1 N–H and O–H groups in total. The molecule has 1 heterocycles. The van der Waals surface area contributed by atoms with Crippen LogP contribution in [0.25, 0.3) is 0 Å². The molecule has 1 aliphatic rings. The first-order valence-electron chi connectivity index (χ1n) is 9.30. The van der Waals surface area contributed by atoms with E-state index < -0.39 is 35.7 Å². The Balaban J connectivity index is 1.52. The minimum Gasteiger partial charge on any atom is -0.452 e. The average molecular weight is 388 g/mol. The van der Waals surface area contributed by atoms with E-state index in [1.165, 1.54) is 25.7 Å². The van der Waals surface area contributed by atoms with Gasteiger partial charge >= 0.3 is 5.97 Å². The number of rotatable bonds is 5. The van der Waals surface area contributed by atoms with Gasteiger partial charge in [-0.1, -0.05) is 18.9 Å². The second kappa shape index (κ2) is 9.30. The van der Waals surface area contributed by atoms with E-state index in [0.717, 1.165) is 37.0 Å². The van der Waals surface area contributed by atoms with E-state index in [0.29, 0.717) is 5.69 Å². The predicted octanol–water partition coefficient (Wildman–Crippen LogP) is 4.14.